The fourth-order valence-electron chi connectivity index (χ4n) is 1.15. The third-order valence-electron chi connectivity index (χ3n) is 1.74. The normalized spacial score (nSPS) is 13.7. The summed E-state index contributed by atoms with van der Waals surface area (Å²) < 4.78 is 2.07. The smallest absolute Gasteiger partial charge is 0.0812 e. The zero-order valence-corrected chi connectivity index (χ0v) is 11.5. The van der Waals surface area contributed by atoms with Gasteiger partial charge in [0.05, 0.1) is 13.7 Å². The molecule has 0 aliphatic rings. The molecule has 0 amide bonds. The van der Waals surface area contributed by atoms with Crippen molar-refractivity contribution < 1.29 is 5.11 Å². The van der Waals surface area contributed by atoms with Crippen molar-refractivity contribution in [2.24, 2.45) is 5.92 Å². The van der Waals surface area contributed by atoms with Crippen molar-refractivity contribution in [1.29, 1.82) is 0 Å². The summed E-state index contributed by atoms with van der Waals surface area (Å²) in [6.45, 7) is 4.22. The number of hydrogen-bond donors (Lipinski definition) is 1. The molecule has 0 aliphatic carbocycles. The predicted octanol–water partition coefficient (Wildman–Crippen LogP) is 4.35. The van der Waals surface area contributed by atoms with Crippen molar-refractivity contribution >= 4 is 43.2 Å². The highest BCUT2D eigenvalue weighted by molar-refractivity contribution is 9.12. The summed E-state index contributed by atoms with van der Waals surface area (Å²) in [7, 11) is 0. The van der Waals surface area contributed by atoms with E-state index in [-0.39, 0.29) is 6.10 Å². The van der Waals surface area contributed by atoms with Gasteiger partial charge >= 0.3 is 0 Å². The van der Waals surface area contributed by atoms with E-state index in [0.29, 0.717) is 5.92 Å². The van der Waals surface area contributed by atoms with Gasteiger partial charge in [-0.1, -0.05) is 13.8 Å². The van der Waals surface area contributed by atoms with E-state index < -0.39 is 0 Å². The van der Waals surface area contributed by atoms with Crippen LogP contribution in [0.4, 0.5) is 0 Å². The van der Waals surface area contributed by atoms with E-state index in [0.717, 1.165) is 19.6 Å². The van der Waals surface area contributed by atoms with Gasteiger partial charge in [-0.3, -0.25) is 0 Å². The summed E-state index contributed by atoms with van der Waals surface area (Å²) in [6.07, 6.45) is 0.457. The number of hydrogen-bond acceptors (Lipinski definition) is 2. The summed E-state index contributed by atoms with van der Waals surface area (Å²) in [5.41, 5.74) is 0.991. The van der Waals surface area contributed by atoms with Gasteiger partial charge in [0.2, 0.25) is 0 Å². The summed E-state index contributed by atoms with van der Waals surface area (Å²) >= 11 is 8.43. The van der Waals surface area contributed by atoms with E-state index in [1.807, 2.05) is 6.07 Å². The fraction of sp³-hybridized carbons (Fsp3) is 0.556. The van der Waals surface area contributed by atoms with Crippen LogP contribution >= 0.6 is 43.2 Å². The van der Waals surface area contributed by atoms with Crippen molar-refractivity contribution in [3.8, 4) is 0 Å². The maximum Gasteiger partial charge on any atom is 0.0812 e. The van der Waals surface area contributed by atoms with Gasteiger partial charge in [0.15, 0.2) is 0 Å². The minimum absolute atomic E-state index is 0.350. The molecule has 1 aromatic heterocycles. The molecule has 0 aromatic carbocycles. The van der Waals surface area contributed by atoms with E-state index in [1.54, 1.807) is 11.3 Å². The molecule has 74 valence electrons. The van der Waals surface area contributed by atoms with Crippen molar-refractivity contribution in [2.45, 2.75) is 26.4 Å². The predicted molar refractivity (Wildman–Crippen MR) is 64.1 cm³/mol. The standard InChI is InChI=1S/C9H12Br2OS/c1-5(2)3-7(12)6-4-8(10)13-9(6)11/h4-5,7,12H,3H2,1-2H3. The van der Waals surface area contributed by atoms with E-state index in [4.69, 9.17) is 0 Å². The van der Waals surface area contributed by atoms with Crippen molar-refractivity contribution in [2.75, 3.05) is 0 Å². The Morgan fingerprint density at radius 3 is 2.46 bits per heavy atom. The SMILES string of the molecule is CC(C)CC(O)c1cc(Br)sc1Br. The van der Waals surface area contributed by atoms with Crippen LogP contribution in [0.15, 0.2) is 13.6 Å². The summed E-state index contributed by atoms with van der Waals surface area (Å²) in [4.78, 5) is 0. The molecular formula is C9H12Br2OS. The van der Waals surface area contributed by atoms with Gasteiger partial charge in [0.1, 0.15) is 0 Å². The molecule has 1 aromatic rings. The van der Waals surface area contributed by atoms with Gasteiger partial charge in [-0.15, -0.1) is 11.3 Å². The monoisotopic (exact) mass is 326 g/mol. The Kier molecular flexibility index (Phi) is 4.42. The summed E-state index contributed by atoms with van der Waals surface area (Å²) in [6, 6.07) is 1.97. The molecule has 1 unspecified atom stereocenters. The van der Waals surface area contributed by atoms with Crippen LogP contribution in [0.5, 0.6) is 0 Å². The van der Waals surface area contributed by atoms with E-state index in [1.165, 1.54) is 0 Å². The lowest BCUT2D eigenvalue weighted by atomic mass is 10.0. The second kappa shape index (κ2) is 4.91. The molecule has 1 nitrogen and oxygen atoms in total. The average molecular weight is 328 g/mol. The van der Waals surface area contributed by atoms with Crippen LogP contribution in [-0.2, 0) is 0 Å². The maximum absolute atomic E-state index is 9.84. The van der Waals surface area contributed by atoms with Gasteiger partial charge in [-0.05, 0) is 50.3 Å². The first-order valence-electron chi connectivity index (χ1n) is 4.13. The molecular weight excluding hydrogens is 316 g/mol. The molecule has 0 bridgehead atoms. The first-order valence-corrected chi connectivity index (χ1v) is 6.53. The quantitative estimate of drug-likeness (QED) is 0.874. The van der Waals surface area contributed by atoms with Crippen molar-refractivity contribution in [3.63, 3.8) is 0 Å². The maximum atomic E-state index is 9.84. The Labute approximate surface area is 99.4 Å². The minimum Gasteiger partial charge on any atom is -0.388 e. The largest absolute Gasteiger partial charge is 0.388 e. The Balaban J connectivity index is 2.76. The highest BCUT2D eigenvalue weighted by Crippen LogP contribution is 2.37. The zero-order chi connectivity index (χ0) is 10.0. The lowest BCUT2D eigenvalue weighted by Crippen LogP contribution is -2.00. The summed E-state index contributed by atoms with van der Waals surface area (Å²) in [5.74, 6) is 0.514. The van der Waals surface area contributed by atoms with Gasteiger partial charge in [0, 0.05) is 5.56 Å². The Morgan fingerprint density at radius 1 is 1.46 bits per heavy atom. The zero-order valence-electron chi connectivity index (χ0n) is 7.55. The third-order valence-corrected chi connectivity index (χ3v) is 4.12. The van der Waals surface area contributed by atoms with Crippen molar-refractivity contribution in [1.82, 2.24) is 0 Å². The van der Waals surface area contributed by atoms with Gasteiger partial charge in [-0.2, -0.15) is 0 Å². The van der Waals surface area contributed by atoms with Gasteiger partial charge in [-0.25, -0.2) is 0 Å². The molecule has 0 fully saturated rings. The number of aliphatic hydroxyl groups is 1. The molecule has 1 N–H and O–H groups in total. The number of thiophene rings is 1. The minimum atomic E-state index is -0.350. The molecule has 0 spiro atoms. The van der Waals surface area contributed by atoms with E-state index in [9.17, 15) is 5.11 Å². The third kappa shape index (κ3) is 3.35. The molecule has 0 aliphatic heterocycles. The second-order valence-corrected chi connectivity index (χ2v) is 7.17. The molecule has 0 radical (unpaired) electrons. The number of halogens is 2. The van der Waals surface area contributed by atoms with Gasteiger partial charge in [0.25, 0.3) is 0 Å². The first kappa shape index (κ1) is 11.7. The number of aliphatic hydroxyl groups excluding tert-OH is 1. The fourth-order valence-corrected chi connectivity index (χ4v) is 4.11. The molecule has 1 rings (SSSR count). The molecule has 4 heteroatoms. The van der Waals surface area contributed by atoms with Crippen LogP contribution in [-0.4, -0.2) is 5.11 Å². The topological polar surface area (TPSA) is 20.2 Å². The Hall–Kier alpha value is 0.620. The molecule has 1 heterocycles. The van der Waals surface area contributed by atoms with Crippen LogP contribution < -0.4 is 0 Å². The highest BCUT2D eigenvalue weighted by Gasteiger charge is 2.15. The van der Waals surface area contributed by atoms with E-state index >= 15 is 0 Å². The Morgan fingerprint density at radius 2 is 2.08 bits per heavy atom. The average Bonchev–Trinajstić information content (AvgIpc) is 2.28. The van der Waals surface area contributed by atoms with Crippen molar-refractivity contribution in [3.05, 3.63) is 19.2 Å². The summed E-state index contributed by atoms with van der Waals surface area (Å²) in [5, 5.41) is 9.84. The van der Waals surface area contributed by atoms with Gasteiger partial charge < -0.3 is 5.11 Å². The van der Waals surface area contributed by atoms with Crippen LogP contribution in [0.1, 0.15) is 31.9 Å². The molecule has 1 atom stereocenters. The molecule has 0 saturated carbocycles. The number of rotatable bonds is 3. The lowest BCUT2D eigenvalue weighted by molar-refractivity contribution is 0.151. The molecule has 0 saturated heterocycles. The Bertz CT molecular complexity index is 283. The van der Waals surface area contributed by atoms with Crippen LogP contribution in [0.25, 0.3) is 0 Å². The first-order chi connectivity index (χ1) is 6.00. The second-order valence-electron chi connectivity index (χ2n) is 3.42. The lowest BCUT2D eigenvalue weighted by Gasteiger charge is -2.11. The van der Waals surface area contributed by atoms with Crippen LogP contribution in [0.3, 0.4) is 0 Å². The highest BCUT2D eigenvalue weighted by atomic mass is 79.9. The van der Waals surface area contributed by atoms with E-state index in [2.05, 4.69) is 45.7 Å². The molecule has 13 heavy (non-hydrogen) atoms. The van der Waals surface area contributed by atoms with Crippen LogP contribution in [0, 0.1) is 5.92 Å². The van der Waals surface area contributed by atoms with Crippen LogP contribution in [0.2, 0.25) is 0 Å².